The van der Waals surface area contributed by atoms with Crippen LogP contribution in [0, 0.1) is 41.9 Å². The van der Waals surface area contributed by atoms with Crippen LogP contribution in [0.4, 0.5) is 32.6 Å². The lowest BCUT2D eigenvalue weighted by atomic mass is 9.89. The number of nitrogens with zero attached hydrogens (tertiary/aromatic N) is 3. The van der Waals surface area contributed by atoms with E-state index < -0.39 is 58.3 Å². The van der Waals surface area contributed by atoms with Gasteiger partial charge in [0.15, 0.2) is 11.5 Å². The molecular formula is C37H40F5N3O7. The number of benzene rings is 2. The zero-order valence-corrected chi connectivity index (χ0v) is 29.9. The van der Waals surface area contributed by atoms with E-state index in [0.29, 0.717) is 56.0 Å². The molecule has 1 unspecified atom stereocenters. The molecule has 2 aromatic carbocycles. The highest BCUT2D eigenvalue weighted by molar-refractivity contribution is 5.97. The molecule has 0 bridgehead atoms. The number of hydrogen-bond donors (Lipinski definition) is 0. The largest absolute Gasteiger partial charge is 0.448 e. The number of morpholine rings is 1. The van der Waals surface area contributed by atoms with Crippen molar-refractivity contribution in [2.24, 2.45) is 5.92 Å². The average Bonchev–Trinajstić information content (AvgIpc) is 3.46. The number of aromatic nitrogens is 1. The van der Waals surface area contributed by atoms with Crippen LogP contribution in [0.3, 0.4) is 0 Å². The maximum absolute atomic E-state index is 14.6. The summed E-state index contributed by atoms with van der Waals surface area (Å²) < 4.78 is 100. The molecule has 15 heteroatoms. The molecule has 0 spiro atoms. The zero-order valence-electron chi connectivity index (χ0n) is 29.9. The van der Waals surface area contributed by atoms with Crippen LogP contribution in [-0.4, -0.2) is 71.7 Å². The van der Waals surface area contributed by atoms with Gasteiger partial charge in [-0.25, -0.2) is 27.7 Å². The van der Waals surface area contributed by atoms with Gasteiger partial charge in [-0.15, -0.1) is 0 Å². The highest BCUT2D eigenvalue weighted by Gasteiger charge is 2.48. The van der Waals surface area contributed by atoms with Crippen molar-refractivity contribution in [2.45, 2.75) is 84.9 Å². The molecule has 2 fully saturated rings. The van der Waals surface area contributed by atoms with Gasteiger partial charge >= 0.3 is 12.1 Å². The molecule has 0 N–H and O–H groups in total. The number of likely N-dealkylation sites (tertiary alicyclic amines) is 1. The van der Waals surface area contributed by atoms with E-state index in [9.17, 15) is 31.5 Å². The quantitative estimate of drug-likeness (QED) is 0.0858. The first-order valence-corrected chi connectivity index (χ1v) is 17.0. The Morgan fingerprint density at radius 2 is 1.48 bits per heavy atom. The summed E-state index contributed by atoms with van der Waals surface area (Å²) in [5.74, 6) is -15.1. The van der Waals surface area contributed by atoms with E-state index in [1.54, 1.807) is 50.9 Å². The summed E-state index contributed by atoms with van der Waals surface area (Å²) in [6.07, 6.45) is 2.08. The first-order valence-electron chi connectivity index (χ1n) is 17.0. The molecule has 52 heavy (non-hydrogen) atoms. The van der Waals surface area contributed by atoms with Crippen LogP contribution in [0.2, 0.25) is 0 Å². The van der Waals surface area contributed by atoms with Crippen LogP contribution in [0.5, 0.6) is 17.2 Å². The summed E-state index contributed by atoms with van der Waals surface area (Å²) in [6, 6.07) is 4.90. The molecule has 4 heterocycles. The topological polar surface area (TPSA) is 99.7 Å². The Hall–Kier alpha value is -4.66. The molecule has 1 aromatic heterocycles. The number of carbonyl (C=O) groups excluding carboxylic acids is 2. The molecule has 1 amide bonds. The molecule has 0 aliphatic carbocycles. The van der Waals surface area contributed by atoms with Crippen molar-refractivity contribution in [1.82, 2.24) is 9.88 Å². The van der Waals surface area contributed by atoms with E-state index in [-0.39, 0.29) is 40.8 Å². The standard InChI is InChI=1S/C37H40F5N3O7/c1-18-16-45(17-19(2)48-18)25-9-8-21(15-43-25)24-14-23(34(46)49-33-29(41)27(39)26(38)28(40)30(33)42)20(3)31-32(24)51-37(7,50-31)22-10-12-44(13-11-22)35(47)52-36(4,5)6/h8-9,14-15,18-19,22H,10-13,16-17H2,1-7H3/t18-,19+,37?. The van der Waals surface area contributed by atoms with Gasteiger partial charge in [0.25, 0.3) is 5.79 Å². The van der Waals surface area contributed by atoms with E-state index in [1.807, 2.05) is 13.8 Å². The number of amides is 1. The second-order valence-corrected chi connectivity index (χ2v) is 14.6. The number of esters is 1. The van der Waals surface area contributed by atoms with Crippen molar-refractivity contribution >= 4 is 17.9 Å². The van der Waals surface area contributed by atoms with Crippen molar-refractivity contribution in [3.8, 4) is 28.4 Å². The summed E-state index contributed by atoms with van der Waals surface area (Å²) >= 11 is 0. The Morgan fingerprint density at radius 1 is 0.904 bits per heavy atom. The van der Waals surface area contributed by atoms with Crippen molar-refractivity contribution in [1.29, 1.82) is 0 Å². The molecule has 10 nitrogen and oxygen atoms in total. The highest BCUT2D eigenvalue weighted by atomic mass is 19.2. The fraction of sp³-hybridized carbons (Fsp3) is 0.486. The Kier molecular flexibility index (Phi) is 9.79. The first-order chi connectivity index (χ1) is 24.4. The molecule has 0 saturated carbocycles. The lowest BCUT2D eigenvalue weighted by Gasteiger charge is -2.39. The zero-order chi connectivity index (χ0) is 37.9. The van der Waals surface area contributed by atoms with Crippen molar-refractivity contribution in [3.63, 3.8) is 0 Å². The number of halogens is 5. The third-order valence-electron chi connectivity index (χ3n) is 9.37. The second kappa shape index (κ2) is 13.7. The van der Waals surface area contributed by atoms with E-state index in [0.717, 1.165) is 0 Å². The third kappa shape index (κ3) is 7.06. The molecule has 3 aliphatic heterocycles. The summed E-state index contributed by atoms with van der Waals surface area (Å²) in [5.41, 5.74) is -0.00206. The van der Waals surface area contributed by atoms with Crippen molar-refractivity contribution in [3.05, 3.63) is 64.6 Å². The normalized spacial score (nSPS) is 22.1. The van der Waals surface area contributed by atoms with Crippen LogP contribution in [0.1, 0.15) is 70.3 Å². The van der Waals surface area contributed by atoms with Gasteiger partial charge in [-0.1, -0.05) is 0 Å². The number of carbonyl (C=O) groups is 2. The van der Waals surface area contributed by atoms with Gasteiger partial charge in [0.05, 0.1) is 17.8 Å². The second-order valence-electron chi connectivity index (χ2n) is 14.6. The molecule has 3 aromatic rings. The lowest BCUT2D eigenvalue weighted by molar-refractivity contribution is -0.124. The fourth-order valence-corrected chi connectivity index (χ4v) is 6.81. The Morgan fingerprint density at radius 3 is 2.04 bits per heavy atom. The smallest absolute Gasteiger partial charge is 0.410 e. The van der Waals surface area contributed by atoms with Crippen LogP contribution in [0.25, 0.3) is 11.1 Å². The number of ether oxygens (including phenoxy) is 5. The number of hydrogen-bond acceptors (Lipinski definition) is 9. The van der Waals surface area contributed by atoms with Crippen LogP contribution in [0.15, 0.2) is 24.4 Å². The number of rotatable bonds is 5. The van der Waals surface area contributed by atoms with Gasteiger partial charge in [-0.3, -0.25) is 0 Å². The van der Waals surface area contributed by atoms with Crippen molar-refractivity contribution < 1.29 is 55.2 Å². The SMILES string of the molecule is Cc1c(C(=O)Oc2c(F)c(F)c(F)c(F)c2F)cc(-c2ccc(N3C[C@@H](C)O[C@@H](C)C3)nc2)c2c1OC(C)(C1CCN(C(=O)OC(C)(C)C)CC1)O2. The summed E-state index contributed by atoms with van der Waals surface area (Å²) in [4.78, 5) is 34.6. The van der Waals surface area contributed by atoms with Gasteiger partial charge in [0.2, 0.25) is 34.8 Å². The minimum Gasteiger partial charge on any atom is -0.448 e. The molecule has 6 rings (SSSR count). The minimum absolute atomic E-state index is 0.0175. The number of anilines is 1. The predicted molar refractivity (Wildman–Crippen MR) is 178 cm³/mol. The van der Waals surface area contributed by atoms with E-state index >= 15 is 0 Å². The predicted octanol–water partition coefficient (Wildman–Crippen LogP) is 7.72. The van der Waals surface area contributed by atoms with Gasteiger partial charge in [-0.2, -0.15) is 8.78 Å². The Balaban J connectivity index is 1.35. The third-order valence-corrected chi connectivity index (χ3v) is 9.37. The average molecular weight is 734 g/mol. The van der Waals surface area contributed by atoms with Crippen molar-refractivity contribution in [2.75, 3.05) is 31.1 Å². The van der Waals surface area contributed by atoms with E-state index in [4.69, 9.17) is 23.7 Å². The number of pyridine rings is 1. The van der Waals surface area contributed by atoms with Gasteiger partial charge in [-0.05, 0) is 72.6 Å². The van der Waals surface area contributed by atoms with Crippen LogP contribution >= 0.6 is 0 Å². The summed E-state index contributed by atoms with van der Waals surface area (Å²) in [7, 11) is 0. The van der Waals surface area contributed by atoms with Crippen LogP contribution in [-0.2, 0) is 9.47 Å². The first kappa shape index (κ1) is 37.1. The Labute approximate surface area is 297 Å². The molecule has 3 aliphatic rings. The van der Waals surface area contributed by atoms with Gasteiger partial charge in [0.1, 0.15) is 11.4 Å². The van der Waals surface area contributed by atoms with Gasteiger partial charge in [0, 0.05) is 61.9 Å². The maximum Gasteiger partial charge on any atom is 0.410 e. The van der Waals surface area contributed by atoms with E-state index in [1.165, 1.54) is 13.0 Å². The molecule has 0 radical (unpaired) electrons. The molecule has 3 atom stereocenters. The molecule has 2 saturated heterocycles. The maximum atomic E-state index is 14.6. The summed E-state index contributed by atoms with van der Waals surface area (Å²) in [6.45, 7) is 14.5. The summed E-state index contributed by atoms with van der Waals surface area (Å²) in [5, 5.41) is 0. The minimum atomic E-state index is -2.38. The molecule has 280 valence electrons. The Bertz CT molecular complexity index is 1860. The van der Waals surface area contributed by atoms with Crippen LogP contribution < -0.4 is 19.1 Å². The number of piperidine rings is 1. The van der Waals surface area contributed by atoms with Gasteiger partial charge < -0.3 is 33.5 Å². The van der Waals surface area contributed by atoms with E-state index in [2.05, 4.69) is 9.88 Å². The number of fused-ring (bicyclic) bond motifs is 1. The monoisotopic (exact) mass is 733 g/mol. The molecular weight excluding hydrogens is 693 g/mol. The lowest BCUT2D eigenvalue weighted by Crippen LogP contribution is -2.50. The highest BCUT2D eigenvalue weighted by Crippen LogP contribution is 2.52. The fourth-order valence-electron chi connectivity index (χ4n) is 6.81.